The highest BCUT2D eigenvalue weighted by Crippen LogP contribution is 2.37. The second kappa shape index (κ2) is 7.13. The van der Waals surface area contributed by atoms with E-state index in [0.717, 1.165) is 4.90 Å². The van der Waals surface area contributed by atoms with Gasteiger partial charge in [-0.1, -0.05) is 21.1 Å². The van der Waals surface area contributed by atoms with E-state index in [-0.39, 0.29) is 11.0 Å². The molecule has 2 heterocycles. The number of alkyl halides is 1. The van der Waals surface area contributed by atoms with E-state index in [1.54, 1.807) is 0 Å². The van der Waals surface area contributed by atoms with Gasteiger partial charge < -0.3 is 15.3 Å². The Hall–Kier alpha value is -1.88. The highest BCUT2D eigenvalue weighted by molar-refractivity contribution is 9.09. The first-order chi connectivity index (χ1) is 10.9. The predicted octanol–water partition coefficient (Wildman–Crippen LogP) is -0.679. The molecule has 124 valence electrons. The Morgan fingerprint density at radius 2 is 2.26 bits per heavy atom. The molecule has 2 aliphatic rings. The van der Waals surface area contributed by atoms with Crippen LogP contribution in [0, 0.1) is 0 Å². The molecule has 2 aliphatic heterocycles. The van der Waals surface area contributed by atoms with Crippen molar-refractivity contribution in [1.82, 2.24) is 10.2 Å². The van der Waals surface area contributed by atoms with Crippen molar-refractivity contribution < 1.29 is 29.1 Å². The fourth-order valence-electron chi connectivity index (χ4n) is 2.12. The molecule has 0 bridgehead atoms. The van der Waals surface area contributed by atoms with Gasteiger partial charge in [-0.3, -0.25) is 19.3 Å². The molecule has 0 saturated carbocycles. The number of oxime groups is 1. The number of carbonyl (C=O) groups excluding carboxylic acids is 3. The number of hydrogen-bond donors (Lipinski definition) is 2. The van der Waals surface area contributed by atoms with Crippen LogP contribution in [-0.4, -0.2) is 68.9 Å². The van der Waals surface area contributed by atoms with E-state index in [4.69, 9.17) is 5.11 Å². The Balaban J connectivity index is 2.11. The van der Waals surface area contributed by atoms with E-state index in [1.807, 2.05) is 0 Å². The summed E-state index contributed by atoms with van der Waals surface area (Å²) >= 11 is 4.24. The number of carbonyl (C=O) groups is 4. The number of Topliss-reactive ketones (excluding diaryl/α,β-unsaturated/α-hetero) is 1. The quantitative estimate of drug-likeness (QED) is 0.197. The molecule has 11 heteroatoms. The third-order valence-corrected chi connectivity index (χ3v) is 4.83. The van der Waals surface area contributed by atoms with Crippen LogP contribution in [0.5, 0.6) is 0 Å². The Labute approximate surface area is 143 Å². The summed E-state index contributed by atoms with van der Waals surface area (Å²) in [6.07, 6.45) is 1.44. The van der Waals surface area contributed by atoms with Gasteiger partial charge in [0.05, 0.1) is 5.33 Å². The zero-order valence-electron chi connectivity index (χ0n) is 11.8. The average Bonchev–Trinajstić information content (AvgIpc) is 2.55. The van der Waals surface area contributed by atoms with Gasteiger partial charge in [0.25, 0.3) is 11.8 Å². The number of β-lactam (4-membered cyclic amide) rings is 1. The molecule has 0 aromatic carbocycles. The molecular weight excluding hydrogens is 394 g/mol. The number of fused-ring (bicyclic) bond motifs is 1. The van der Waals surface area contributed by atoms with Gasteiger partial charge in [-0.15, -0.1) is 11.8 Å². The minimum Gasteiger partial charge on any atom is -0.477 e. The van der Waals surface area contributed by atoms with Crippen molar-refractivity contribution >= 4 is 57.0 Å². The van der Waals surface area contributed by atoms with E-state index in [0.29, 0.717) is 5.75 Å². The first-order valence-corrected chi connectivity index (χ1v) is 8.48. The highest BCUT2D eigenvalue weighted by atomic mass is 79.9. The molecule has 23 heavy (non-hydrogen) atoms. The monoisotopic (exact) mass is 405 g/mol. The smallest absolute Gasteiger partial charge is 0.352 e. The van der Waals surface area contributed by atoms with Crippen molar-refractivity contribution in [2.24, 2.45) is 5.16 Å². The van der Waals surface area contributed by atoms with E-state index < -0.39 is 40.7 Å². The van der Waals surface area contributed by atoms with Gasteiger partial charge in [0.15, 0.2) is 0 Å². The molecule has 2 N–H and O–H groups in total. The second-order valence-electron chi connectivity index (χ2n) is 4.46. The van der Waals surface area contributed by atoms with Crippen molar-refractivity contribution in [3.8, 4) is 0 Å². The van der Waals surface area contributed by atoms with Crippen LogP contribution in [-0.2, 0) is 24.0 Å². The molecule has 0 aliphatic carbocycles. The summed E-state index contributed by atoms with van der Waals surface area (Å²) in [5, 5.41) is 14.2. The van der Waals surface area contributed by atoms with Gasteiger partial charge in [0, 0.05) is 5.75 Å². The summed E-state index contributed by atoms with van der Waals surface area (Å²) in [5.74, 6) is -2.80. The van der Waals surface area contributed by atoms with Crippen LogP contribution in [0.2, 0.25) is 0 Å². The van der Waals surface area contributed by atoms with Crippen LogP contribution < -0.4 is 5.32 Å². The zero-order chi connectivity index (χ0) is 17.1. The summed E-state index contributed by atoms with van der Waals surface area (Å²) in [6, 6.07) is -0.916. The average molecular weight is 406 g/mol. The maximum absolute atomic E-state index is 12.1. The molecule has 2 amide bonds. The normalized spacial score (nSPS) is 23.4. The first kappa shape index (κ1) is 17.5. The zero-order valence-corrected chi connectivity index (χ0v) is 14.2. The minimum absolute atomic E-state index is 0.105. The lowest BCUT2D eigenvalue weighted by Crippen LogP contribution is -2.70. The molecule has 1 unspecified atom stereocenters. The highest BCUT2D eigenvalue weighted by Gasteiger charge is 2.53. The van der Waals surface area contributed by atoms with E-state index in [9.17, 15) is 19.2 Å². The number of hydrogen-bond acceptors (Lipinski definition) is 7. The van der Waals surface area contributed by atoms with Gasteiger partial charge in [0.1, 0.15) is 24.2 Å². The fourth-order valence-corrected chi connectivity index (χ4v) is 3.58. The van der Waals surface area contributed by atoms with Gasteiger partial charge >= 0.3 is 5.97 Å². The first-order valence-electron chi connectivity index (χ1n) is 6.31. The number of ketones is 1. The number of carboxylic acid groups (broad SMARTS) is 1. The minimum atomic E-state index is -1.20. The van der Waals surface area contributed by atoms with Crippen LogP contribution in [0.3, 0.4) is 0 Å². The van der Waals surface area contributed by atoms with Crippen LogP contribution in [0.4, 0.5) is 0 Å². The summed E-state index contributed by atoms with van der Waals surface area (Å²) in [7, 11) is 1.19. The molecule has 9 nitrogen and oxygen atoms in total. The SMILES string of the molecule is CON=C(C(=O)CBr)C(=O)NC1C(=O)N2C(C(=O)O)=CCS[C@@H]12. The van der Waals surface area contributed by atoms with Gasteiger partial charge in [-0.2, -0.15) is 0 Å². The van der Waals surface area contributed by atoms with Crippen molar-refractivity contribution in [3.63, 3.8) is 0 Å². The lowest BCUT2D eigenvalue weighted by molar-refractivity contribution is -0.150. The number of thioether (sulfide) groups is 1. The molecule has 0 spiro atoms. The van der Waals surface area contributed by atoms with Gasteiger partial charge in [0.2, 0.25) is 11.5 Å². The van der Waals surface area contributed by atoms with Crippen LogP contribution >= 0.6 is 27.7 Å². The van der Waals surface area contributed by atoms with Crippen molar-refractivity contribution in [1.29, 1.82) is 0 Å². The van der Waals surface area contributed by atoms with Crippen molar-refractivity contribution in [3.05, 3.63) is 11.8 Å². The molecule has 2 atom stereocenters. The standard InChI is InChI=1S/C12H12BrN3O6S/c1-22-15-7(6(17)4-13)9(18)14-8-10(19)16-5(12(20)21)2-3-23-11(8)16/h2,8,11H,3-4H2,1H3,(H,14,18)(H,20,21)/t8?,11-/m0/s1. The topological polar surface area (TPSA) is 125 Å². The number of rotatable bonds is 6. The maximum Gasteiger partial charge on any atom is 0.352 e. The van der Waals surface area contributed by atoms with Crippen molar-refractivity contribution in [2.45, 2.75) is 11.4 Å². The van der Waals surface area contributed by atoms with E-state index in [2.05, 4.69) is 31.2 Å². The number of nitrogens with one attached hydrogen (secondary N) is 1. The van der Waals surface area contributed by atoms with Crippen molar-refractivity contribution in [2.75, 3.05) is 18.2 Å². The Morgan fingerprint density at radius 3 is 2.83 bits per heavy atom. The molecule has 2 rings (SSSR count). The second-order valence-corrected chi connectivity index (χ2v) is 6.17. The summed E-state index contributed by atoms with van der Waals surface area (Å²) in [6.45, 7) is 0. The van der Waals surface area contributed by atoms with Crippen LogP contribution in [0.25, 0.3) is 0 Å². The summed E-state index contributed by atoms with van der Waals surface area (Å²) in [5.41, 5.74) is -0.572. The number of halogens is 1. The number of aliphatic carboxylic acids is 1. The Morgan fingerprint density at radius 1 is 1.57 bits per heavy atom. The summed E-state index contributed by atoms with van der Waals surface area (Å²) in [4.78, 5) is 52.5. The van der Waals surface area contributed by atoms with Gasteiger partial charge in [-0.05, 0) is 6.08 Å². The maximum atomic E-state index is 12.1. The van der Waals surface area contributed by atoms with E-state index in [1.165, 1.54) is 24.9 Å². The molecular formula is C12H12BrN3O6S. The van der Waals surface area contributed by atoms with Crippen LogP contribution in [0.1, 0.15) is 0 Å². The number of amides is 2. The summed E-state index contributed by atoms with van der Waals surface area (Å²) < 4.78 is 0. The number of carboxylic acids is 1. The van der Waals surface area contributed by atoms with Crippen LogP contribution in [0.15, 0.2) is 16.9 Å². The lowest BCUT2D eigenvalue weighted by atomic mass is 10.0. The van der Waals surface area contributed by atoms with Gasteiger partial charge in [-0.25, -0.2) is 4.79 Å². The lowest BCUT2D eigenvalue weighted by Gasteiger charge is -2.48. The molecule has 1 fully saturated rings. The molecule has 0 aromatic heterocycles. The third kappa shape index (κ3) is 3.24. The Bertz CT molecular complexity index is 634. The largest absolute Gasteiger partial charge is 0.477 e. The Kier molecular flexibility index (Phi) is 5.42. The molecule has 0 aromatic rings. The predicted molar refractivity (Wildman–Crippen MR) is 84.0 cm³/mol. The van der Waals surface area contributed by atoms with E-state index >= 15 is 0 Å². The molecule has 1 saturated heterocycles. The molecule has 0 radical (unpaired) electrons. The fraction of sp³-hybridized carbons (Fsp3) is 0.417. The third-order valence-electron chi connectivity index (χ3n) is 3.14. The number of nitrogens with zero attached hydrogens (tertiary/aromatic N) is 2.